The maximum atomic E-state index is 9.92. The van der Waals surface area contributed by atoms with Crippen molar-refractivity contribution in [2.75, 3.05) is 6.54 Å². The van der Waals surface area contributed by atoms with E-state index in [0.717, 1.165) is 18.5 Å². The van der Waals surface area contributed by atoms with Gasteiger partial charge >= 0.3 is 0 Å². The molecule has 0 amide bonds. The summed E-state index contributed by atoms with van der Waals surface area (Å²) in [5.74, 6) is 0.408. The summed E-state index contributed by atoms with van der Waals surface area (Å²) in [5.41, 5.74) is 1.50. The molecule has 1 aromatic carbocycles. The fraction of sp³-hybridized carbons (Fsp3) is 0.538. The average Bonchev–Trinajstić information content (AvgIpc) is 2.31. The SMILES string of the molecule is Cc1c(O)ccc(CC2CCCCN2)c1O. The van der Waals surface area contributed by atoms with E-state index in [4.69, 9.17) is 0 Å². The van der Waals surface area contributed by atoms with Crippen molar-refractivity contribution in [2.24, 2.45) is 0 Å². The largest absolute Gasteiger partial charge is 0.508 e. The molecule has 0 aromatic heterocycles. The standard InChI is InChI=1S/C13H19NO2/c1-9-12(15)6-5-10(13(9)16)8-11-4-2-3-7-14-11/h5-6,11,14-16H,2-4,7-8H2,1H3. The van der Waals surface area contributed by atoms with Crippen molar-refractivity contribution < 1.29 is 10.2 Å². The lowest BCUT2D eigenvalue weighted by Gasteiger charge is -2.24. The van der Waals surface area contributed by atoms with Gasteiger partial charge in [0.1, 0.15) is 11.5 Å². The maximum absolute atomic E-state index is 9.92. The molecule has 1 atom stereocenters. The lowest BCUT2D eigenvalue weighted by atomic mass is 9.96. The summed E-state index contributed by atoms with van der Waals surface area (Å²) in [6.07, 6.45) is 4.51. The Labute approximate surface area is 96.1 Å². The van der Waals surface area contributed by atoms with Gasteiger partial charge in [-0.1, -0.05) is 12.5 Å². The van der Waals surface area contributed by atoms with Crippen LogP contribution < -0.4 is 5.32 Å². The second kappa shape index (κ2) is 4.74. The summed E-state index contributed by atoms with van der Waals surface area (Å²) in [6, 6.07) is 3.94. The van der Waals surface area contributed by atoms with Gasteiger partial charge in [0.25, 0.3) is 0 Å². The van der Waals surface area contributed by atoms with Crippen LogP contribution in [0.3, 0.4) is 0 Å². The topological polar surface area (TPSA) is 52.5 Å². The Balaban J connectivity index is 2.11. The molecule has 3 heteroatoms. The molecule has 16 heavy (non-hydrogen) atoms. The van der Waals surface area contributed by atoms with E-state index in [-0.39, 0.29) is 11.5 Å². The van der Waals surface area contributed by atoms with Crippen molar-refractivity contribution in [1.29, 1.82) is 0 Å². The molecule has 1 fully saturated rings. The Bertz CT molecular complexity index is 370. The van der Waals surface area contributed by atoms with Crippen LogP contribution >= 0.6 is 0 Å². The Kier molecular flexibility index (Phi) is 3.34. The zero-order valence-electron chi connectivity index (χ0n) is 9.66. The molecule has 1 unspecified atom stereocenters. The minimum absolute atomic E-state index is 0.165. The van der Waals surface area contributed by atoms with Crippen LogP contribution in [-0.4, -0.2) is 22.8 Å². The molecule has 0 radical (unpaired) electrons. The van der Waals surface area contributed by atoms with Gasteiger partial charge in [-0.15, -0.1) is 0 Å². The van der Waals surface area contributed by atoms with Crippen LogP contribution in [0.2, 0.25) is 0 Å². The molecule has 0 aliphatic carbocycles. The van der Waals surface area contributed by atoms with Gasteiger partial charge in [-0.05, 0) is 44.4 Å². The second-order valence-corrected chi connectivity index (χ2v) is 4.57. The van der Waals surface area contributed by atoms with Crippen LogP contribution in [0.25, 0.3) is 0 Å². The van der Waals surface area contributed by atoms with E-state index in [1.54, 1.807) is 13.0 Å². The molecule has 88 valence electrons. The first-order chi connectivity index (χ1) is 7.68. The zero-order chi connectivity index (χ0) is 11.5. The van der Waals surface area contributed by atoms with Gasteiger partial charge < -0.3 is 15.5 Å². The van der Waals surface area contributed by atoms with Crippen LogP contribution in [0.15, 0.2) is 12.1 Å². The molecule has 1 heterocycles. The highest BCUT2D eigenvalue weighted by atomic mass is 16.3. The second-order valence-electron chi connectivity index (χ2n) is 4.57. The van der Waals surface area contributed by atoms with E-state index in [2.05, 4.69) is 5.32 Å². The number of phenols is 2. The first kappa shape index (κ1) is 11.3. The van der Waals surface area contributed by atoms with E-state index >= 15 is 0 Å². The number of benzene rings is 1. The summed E-state index contributed by atoms with van der Waals surface area (Å²) < 4.78 is 0. The third-order valence-corrected chi connectivity index (χ3v) is 3.36. The highest BCUT2D eigenvalue weighted by Gasteiger charge is 2.16. The quantitative estimate of drug-likeness (QED) is 0.716. The van der Waals surface area contributed by atoms with Gasteiger partial charge in [-0.2, -0.15) is 0 Å². The van der Waals surface area contributed by atoms with Gasteiger partial charge in [-0.3, -0.25) is 0 Å². The van der Waals surface area contributed by atoms with Crippen molar-refractivity contribution >= 4 is 0 Å². The first-order valence-corrected chi connectivity index (χ1v) is 5.92. The van der Waals surface area contributed by atoms with Crippen LogP contribution in [0.5, 0.6) is 11.5 Å². The average molecular weight is 221 g/mol. The monoisotopic (exact) mass is 221 g/mol. The van der Waals surface area contributed by atoms with Gasteiger partial charge in [-0.25, -0.2) is 0 Å². The van der Waals surface area contributed by atoms with Gasteiger partial charge in [0.15, 0.2) is 0 Å². The van der Waals surface area contributed by atoms with E-state index in [9.17, 15) is 10.2 Å². The van der Waals surface area contributed by atoms with Crippen LogP contribution in [0.1, 0.15) is 30.4 Å². The molecule has 2 rings (SSSR count). The third kappa shape index (κ3) is 2.30. The van der Waals surface area contributed by atoms with Crippen molar-refractivity contribution in [2.45, 2.75) is 38.6 Å². The van der Waals surface area contributed by atoms with Crippen molar-refractivity contribution in [1.82, 2.24) is 5.32 Å². The van der Waals surface area contributed by atoms with E-state index in [1.165, 1.54) is 19.3 Å². The number of phenolic OH excluding ortho intramolecular Hbond substituents is 2. The molecule has 1 saturated heterocycles. The van der Waals surface area contributed by atoms with Crippen molar-refractivity contribution in [3.8, 4) is 11.5 Å². The summed E-state index contributed by atoms with van der Waals surface area (Å²) in [5, 5.41) is 22.8. The van der Waals surface area contributed by atoms with Crippen LogP contribution in [0, 0.1) is 6.92 Å². The first-order valence-electron chi connectivity index (χ1n) is 5.92. The highest BCUT2D eigenvalue weighted by molar-refractivity contribution is 5.47. The fourth-order valence-electron chi connectivity index (χ4n) is 2.27. The summed E-state index contributed by atoms with van der Waals surface area (Å²) in [7, 11) is 0. The number of nitrogens with one attached hydrogen (secondary N) is 1. The number of aromatic hydroxyl groups is 2. The lowest BCUT2D eigenvalue weighted by Crippen LogP contribution is -2.35. The molecule has 0 spiro atoms. The smallest absolute Gasteiger partial charge is 0.125 e. The van der Waals surface area contributed by atoms with Crippen molar-refractivity contribution in [3.63, 3.8) is 0 Å². The van der Waals surface area contributed by atoms with Crippen LogP contribution in [-0.2, 0) is 6.42 Å². The van der Waals surface area contributed by atoms with Gasteiger partial charge in [0.2, 0.25) is 0 Å². The molecule has 1 aromatic rings. The van der Waals surface area contributed by atoms with E-state index < -0.39 is 0 Å². The lowest BCUT2D eigenvalue weighted by molar-refractivity contribution is 0.389. The zero-order valence-corrected chi connectivity index (χ0v) is 9.66. The molecular weight excluding hydrogens is 202 g/mol. The molecule has 0 bridgehead atoms. The highest BCUT2D eigenvalue weighted by Crippen LogP contribution is 2.30. The molecule has 3 N–H and O–H groups in total. The summed E-state index contributed by atoms with van der Waals surface area (Å²) in [4.78, 5) is 0. The predicted octanol–water partition coefficient (Wildman–Crippen LogP) is 2.09. The summed E-state index contributed by atoms with van der Waals surface area (Å²) >= 11 is 0. The van der Waals surface area contributed by atoms with E-state index in [0.29, 0.717) is 11.6 Å². The summed E-state index contributed by atoms with van der Waals surface area (Å²) in [6.45, 7) is 2.81. The molecule has 3 nitrogen and oxygen atoms in total. The van der Waals surface area contributed by atoms with Crippen LogP contribution in [0.4, 0.5) is 0 Å². The molecule has 1 aliphatic heterocycles. The Morgan fingerprint density at radius 1 is 1.31 bits per heavy atom. The number of rotatable bonds is 2. The molecule has 1 aliphatic rings. The minimum Gasteiger partial charge on any atom is -0.508 e. The maximum Gasteiger partial charge on any atom is 0.125 e. The van der Waals surface area contributed by atoms with Crippen molar-refractivity contribution in [3.05, 3.63) is 23.3 Å². The van der Waals surface area contributed by atoms with Gasteiger partial charge in [0, 0.05) is 11.6 Å². The Hall–Kier alpha value is -1.22. The number of hydrogen-bond donors (Lipinski definition) is 3. The van der Waals surface area contributed by atoms with Gasteiger partial charge in [0.05, 0.1) is 0 Å². The van der Waals surface area contributed by atoms with E-state index in [1.807, 2.05) is 6.07 Å². The number of piperidine rings is 1. The number of hydrogen-bond acceptors (Lipinski definition) is 3. The predicted molar refractivity (Wildman–Crippen MR) is 63.9 cm³/mol. The normalized spacial score (nSPS) is 20.9. The third-order valence-electron chi connectivity index (χ3n) is 3.36. The molecular formula is C13H19NO2. The Morgan fingerprint density at radius 2 is 2.12 bits per heavy atom. The Morgan fingerprint density at radius 3 is 2.81 bits per heavy atom. The fourth-order valence-corrected chi connectivity index (χ4v) is 2.27. The minimum atomic E-state index is 0.165. The molecule has 0 saturated carbocycles.